The van der Waals surface area contributed by atoms with Crippen molar-refractivity contribution < 1.29 is 4.74 Å². The zero-order valence-corrected chi connectivity index (χ0v) is 14.6. The van der Waals surface area contributed by atoms with Crippen LogP contribution in [0, 0.1) is 0 Å². The average Bonchev–Trinajstić information content (AvgIpc) is 2.93. The molecule has 2 aromatic rings. The maximum Gasteiger partial charge on any atom is 0.163 e. The molecule has 1 fully saturated rings. The van der Waals surface area contributed by atoms with Crippen LogP contribution in [0.3, 0.4) is 0 Å². The van der Waals surface area contributed by atoms with Crippen LogP contribution < -0.4 is 5.32 Å². The smallest absolute Gasteiger partial charge is 0.163 e. The van der Waals surface area contributed by atoms with E-state index in [9.17, 15) is 0 Å². The van der Waals surface area contributed by atoms with Crippen LogP contribution in [-0.4, -0.2) is 32.0 Å². The summed E-state index contributed by atoms with van der Waals surface area (Å²) in [4.78, 5) is 0. The highest BCUT2D eigenvalue weighted by molar-refractivity contribution is 5.54. The van der Waals surface area contributed by atoms with E-state index in [1.165, 1.54) is 0 Å². The molecule has 0 aliphatic carbocycles. The summed E-state index contributed by atoms with van der Waals surface area (Å²) in [7, 11) is 2.01. The second-order valence-electron chi connectivity index (χ2n) is 7.47. The number of hydrogen-bond donors (Lipinski definition) is 1. The lowest BCUT2D eigenvalue weighted by Crippen LogP contribution is -2.43. The predicted molar refractivity (Wildman–Crippen MR) is 90.9 cm³/mol. The number of ether oxygens (including phenoxy) is 1. The third-order valence-electron chi connectivity index (χ3n) is 4.58. The lowest BCUT2D eigenvalue weighted by Gasteiger charge is -2.27. The molecule has 124 valence electrons. The van der Waals surface area contributed by atoms with E-state index in [0.29, 0.717) is 12.6 Å². The van der Waals surface area contributed by atoms with Crippen molar-refractivity contribution in [2.75, 3.05) is 0 Å². The average molecular weight is 314 g/mol. The fourth-order valence-electron chi connectivity index (χ4n) is 3.45. The molecule has 1 N–H and O–H groups in total. The topological polar surface area (TPSA) is 52.0 Å². The SMILES string of the molecule is Cn1c(CN[C@@H]2CC(C)(C)OC2(C)C)nnc1-c1ccccc1. The lowest BCUT2D eigenvalue weighted by atomic mass is 9.94. The highest BCUT2D eigenvalue weighted by atomic mass is 16.5. The molecule has 1 saturated heterocycles. The zero-order chi connectivity index (χ0) is 16.7. The molecule has 0 spiro atoms. The standard InChI is InChI=1S/C18H26N4O/c1-17(2)11-14(18(3,4)23-17)19-12-15-20-21-16(22(15)5)13-9-7-6-8-10-13/h6-10,14,19H,11-12H2,1-5H3/t14-/m1/s1. The molecule has 0 radical (unpaired) electrons. The Balaban J connectivity index is 1.72. The fraction of sp³-hybridized carbons (Fsp3) is 0.556. The van der Waals surface area contributed by atoms with Crippen LogP contribution in [0.4, 0.5) is 0 Å². The molecular weight excluding hydrogens is 288 g/mol. The van der Waals surface area contributed by atoms with Gasteiger partial charge in [-0.15, -0.1) is 10.2 Å². The quantitative estimate of drug-likeness (QED) is 0.943. The molecule has 0 unspecified atom stereocenters. The summed E-state index contributed by atoms with van der Waals surface area (Å²) >= 11 is 0. The first-order valence-corrected chi connectivity index (χ1v) is 8.16. The highest BCUT2D eigenvalue weighted by Crippen LogP contribution is 2.37. The summed E-state index contributed by atoms with van der Waals surface area (Å²) in [5.74, 6) is 1.83. The van der Waals surface area contributed by atoms with E-state index in [2.05, 4.69) is 59.9 Å². The summed E-state index contributed by atoms with van der Waals surface area (Å²) in [6.07, 6.45) is 0.989. The van der Waals surface area contributed by atoms with Crippen LogP contribution in [0.15, 0.2) is 30.3 Å². The van der Waals surface area contributed by atoms with Gasteiger partial charge < -0.3 is 14.6 Å². The molecule has 5 heteroatoms. The van der Waals surface area contributed by atoms with Gasteiger partial charge in [0, 0.05) is 18.7 Å². The third kappa shape index (κ3) is 3.31. The van der Waals surface area contributed by atoms with Gasteiger partial charge in [0.2, 0.25) is 0 Å². The molecule has 0 amide bonds. The van der Waals surface area contributed by atoms with Crippen LogP contribution in [-0.2, 0) is 18.3 Å². The molecule has 1 aliphatic heterocycles. The maximum atomic E-state index is 6.14. The molecule has 0 saturated carbocycles. The Bertz CT molecular complexity index is 676. The minimum atomic E-state index is -0.176. The first kappa shape index (κ1) is 16.1. The summed E-state index contributed by atoms with van der Waals surface area (Å²) < 4.78 is 8.19. The molecule has 5 nitrogen and oxygen atoms in total. The molecule has 1 aromatic carbocycles. The van der Waals surface area contributed by atoms with Crippen molar-refractivity contribution in [1.82, 2.24) is 20.1 Å². The second kappa shape index (κ2) is 5.73. The van der Waals surface area contributed by atoms with Gasteiger partial charge in [-0.1, -0.05) is 30.3 Å². The molecule has 1 aliphatic rings. The van der Waals surface area contributed by atoms with Crippen LogP contribution >= 0.6 is 0 Å². The van der Waals surface area contributed by atoms with Gasteiger partial charge in [-0.25, -0.2) is 0 Å². The Labute approximate surface area is 138 Å². The number of rotatable bonds is 4. The number of nitrogens with one attached hydrogen (secondary N) is 1. The summed E-state index contributed by atoms with van der Waals surface area (Å²) in [5, 5.41) is 12.3. The van der Waals surface area contributed by atoms with Crippen molar-refractivity contribution >= 4 is 0 Å². The van der Waals surface area contributed by atoms with Gasteiger partial charge >= 0.3 is 0 Å². The molecule has 1 aromatic heterocycles. The normalized spacial score (nSPS) is 22.4. The van der Waals surface area contributed by atoms with Gasteiger partial charge in [-0.3, -0.25) is 0 Å². The Morgan fingerprint density at radius 3 is 2.48 bits per heavy atom. The van der Waals surface area contributed by atoms with Crippen LogP contribution in [0.25, 0.3) is 11.4 Å². The molecule has 0 bridgehead atoms. The predicted octanol–water partition coefficient (Wildman–Crippen LogP) is 2.92. The second-order valence-corrected chi connectivity index (χ2v) is 7.47. The number of nitrogens with zero attached hydrogens (tertiary/aromatic N) is 3. The van der Waals surface area contributed by atoms with E-state index in [4.69, 9.17) is 4.74 Å². The minimum absolute atomic E-state index is 0.0871. The first-order chi connectivity index (χ1) is 10.8. The maximum absolute atomic E-state index is 6.14. The molecular formula is C18H26N4O. The fourth-order valence-corrected chi connectivity index (χ4v) is 3.45. The van der Waals surface area contributed by atoms with Crippen molar-refractivity contribution in [3.63, 3.8) is 0 Å². The Hall–Kier alpha value is -1.72. The van der Waals surface area contributed by atoms with E-state index < -0.39 is 0 Å². The van der Waals surface area contributed by atoms with E-state index in [-0.39, 0.29) is 11.2 Å². The zero-order valence-electron chi connectivity index (χ0n) is 14.6. The Kier molecular flexibility index (Phi) is 4.02. The molecule has 3 rings (SSSR count). The van der Waals surface area contributed by atoms with Gasteiger partial charge in [0.1, 0.15) is 5.82 Å². The number of hydrogen-bond acceptors (Lipinski definition) is 4. The number of benzene rings is 1. The number of aromatic nitrogens is 3. The summed E-state index contributed by atoms with van der Waals surface area (Å²) in [6.45, 7) is 9.26. The van der Waals surface area contributed by atoms with Crippen molar-refractivity contribution in [2.24, 2.45) is 7.05 Å². The summed E-state index contributed by atoms with van der Waals surface area (Å²) in [5.41, 5.74) is 0.820. The minimum Gasteiger partial charge on any atom is -0.368 e. The summed E-state index contributed by atoms with van der Waals surface area (Å²) in [6, 6.07) is 10.4. The monoisotopic (exact) mass is 314 g/mol. The Morgan fingerprint density at radius 1 is 1.17 bits per heavy atom. The van der Waals surface area contributed by atoms with Crippen LogP contribution in [0.1, 0.15) is 39.9 Å². The largest absolute Gasteiger partial charge is 0.368 e. The first-order valence-electron chi connectivity index (χ1n) is 8.16. The van der Waals surface area contributed by atoms with Crippen molar-refractivity contribution in [3.05, 3.63) is 36.2 Å². The van der Waals surface area contributed by atoms with Crippen molar-refractivity contribution in [3.8, 4) is 11.4 Å². The van der Waals surface area contributed by atoms with Gasteiger partial charge in [0.25, 0.3) is 0 Å². The van der Waals surface area contributed by atoms with Crippen molar-refractivity contribution in [1.29, 1.82) is 0 Å². The van der Waals surface area contributed by atoms with Crippen LogP contribution in [0.5, 0.6) is 0 Å². The lowest BCUT2D eigenvalue weighted by molar-refractivity contribution is -0.0699. The van der Waals surface area contributed by atoms with E-state index in [1.54, 1.807) is 0 Å². The third-order valence-corrected chi connectivity index (χ3v) is 4.58. The van der Waals surface area contributed by atoms with Crippen LogP contribution in [0.2, 0.25) is 0 Å². The Morgan fingerprint density at radius 2 is 1.87 bits per heavy atom. The van der Waals surface area contributed by atoms with E-state index in [1.807, 2.05) is 25.2 Å². The van der Waals surface area contributed by atoms with Gasteiger partial charge in [-0.2, -0.15) is 0 Å². The van der Waals surface area contributed by atoms with Gasteiger partial charge in [0.05, 0.1) is 17.7 Å². The van der Waals surface area contributed by atoms with E-state index in [0.717, 1.165) is 23.6 Å². The van der Waals surface area contributed by atoms with Crippen molar-refractivity contribution in [2.45, 2.75) is 57.9 Å². The highest BCUT2D eigenvalue weighted by Gasteiger charge is 2.45. The van der Waals surface area contributed by atoms with Gasteiger partial charge in [-0.05, 0) is 34.1 Å². The molecule has 1 atom stereocenters. The molecule has 23 heavy (non-hydrogen) atoms. The van der Waals surface area contributed by atoms with Gasteiger partial charge in [0.15, 0.2) is 5.82 Å². The molecule has 2 heterocycles. The van der Waals surface area contributed by atoms with E-state index >= 15 is 0 Å².